The van der Waals surface area contributed by atoms with E-state index in [9.17, 15) is 13.2 Å². The van der Waals surface area contributed by atoms with Crippen LogP contribution in [0.2, 0.25) is 0 Å². The highest BCUT2D eigenvalue weighted by Crippen LogP contribution is 2.19. The highest BCUT2D eigenvalue weighted by atomic mass is 32.2. The van der Waals surface area contributed by atoms with Crippen molar-refractivity contribution in [2.24, 2.45) is 0 Å². The predicted octanol–water partition coefficient (Wildman–Crippen LogP) is 0.733. The molecule has 2 rings (SSSR count). The van der Waals surface area contributed by atoms with Gasteiger partial charge in [0.2, 0.25) is 5.76 Å². The second-order valence-electron chi connectivity index (χ2n) is 4.53. The van der Waals surface area contributed by atoms with Gasteiger partial charge in [-0.1, -0.05) is 0 Å². The molecule has 1 unspecified atom stereocenters. The first-order valence-electron chi connectivity index (χ1n) is 6.11. The second-order valence-corrected chi connectivity index (χ2v) is 6.93. The third-order valence-corrected chi connectivity index (χ3v) is 5.54. The van der Waals surface area contributed by atoms with E-state index in [2.05, 4.69) is 10.1 Å². The number of carbonyl (C=O) groups excluding carboxylic acids is 1. The summed E-state index contributed by atoms with van der Waals surface area (Å²) in [7, 11) is -1.65. The maximum atomic E-state index is 11.6. The Kier molecular flexibility index (Phi) is 4.26. The molecule has 0 aromatic carbocycles. The van der Waals surface area contributed by atoms with E-state index < -0.39 is 15.8 Å². The molecule has 7 heteroatoms. The lowest BCUT2D eigenvalue weighted by molar-refractivity contribution is 0.0563. The molecule has 19 heavy (non-hydrogen) atoms. The molecular formula is C12H17NO5S. The molecule has 1 aliphatic rings. The minimum absolute atomic E-state index is 0.157. The summed E-state index contributed by atoms with van der Waals surface area (Å²) >= 11 is 0. The Morgan fingerprint density at radius 3 is 3.00 bits per heavy atom. The SMILES string of the molecule is COC(=O)c1occc1CNCC1CCCS1(=O)=O. The first-order valence-corrected chi connectivity index (χ1v) is 7.83. The minimum atomic E-state index is -2.94. The Balaban J connectivity index is 1.90. The highest BCUT2D eigenvalue weighted by molar-refractivity contribution is 7.92. The Morgan fingerprint density at radius 1 is 1.58 bits per heavy atom. The number of furan rings is 1. The molecular weight excluding hydrogens is 270 g/mol. The van der Waals surface area contributed by atoms with Crippen molar-refractivity contribution in [1.29, 1.82) is 0 Å². The molecule has 1 fully saturated rings. The van der Waals surface area contributed by atoms with Gasteiger partial charge in [-0.15, -0.1) is 0 Å². The molecule has 1 aromatic heterocycles. The van der Waals surface area contributed by atoms with Gasteiger partial charge in [0, 0.05) is 18.7 Å². The molecule has 0 aliphatic carbocycles. The Hall–Kier alpha value is -1.34. The van der Waals surface area contributed by atoms with Crippen LogP contribution in [0.4, 0.5) is 0 Å². The fourth-order valence-corrected chi connectivity index (χ4v) is 4.00. The average molecular weight is 287 g/mol. The molecule has 0 saturated carbocycles. The van der Waals surface area contributed by atoms with Crippen LogP contribution in [-0.4, -0.2) is 39.0 Å². The van der Waals surface area contributed by atoms with Crippen LogP contribution in [0.3, 0.4) is 0 Å². The largest absolute Gasteiger partial charge is 0.463 e. The van der Waals surface area contributed by atoms with Crippen LogP contribution in [0.1, 0.15) is 29.0 Å². The van der Waals surface area contributed by atoms with Gasteiger partial charge in [-0.05, 0) is 18.9 Å². The van der Waals surface area contributed by atoms with Crippen molar-refractivity contribution >= 4 is 15.8 Å². The van der Waals surface area contributed by atoms with Crippen molar-refractivity contribution in [3.63, 3.8) is 0 Å². The lowest BCUT2D eigenvalue weighted by Gasteiger charge is -2.10. The zero-order valence-electron chi connectivity index (χ0n) is 10.7. The summed E-state index contributed by atoms with van der Waals surface area (Å²) < 4.78 is 32.9. The number of nitrogens with one attached hydrogen (secondary N) is 1. The Labute approximate surface area is 112 Å². The van der Waals surface area contributed by atoms with E-state index in [1.807, 2.05) is 0 Å². The van der Waals surface area contributed by atoms with Crippen molar-refractivity contribution in [2.45, 2.75) is 24.6 Å². The molecule has 0 spiro atoms. The van der Waals surface area contributed by atoms with Gasteiger partial charge < -0.3 is 14.5 Å². The molecule has 1 atom stereocenters. The van der Waals surface area contributed by atoms with Gasteiger partial charge in [0.25, 0.3) is 0 Å². The third kappa shape index (κ3) is 3.16. The van der Waals surface area contributed by atoms with Gasteiger partial charge >= 0.3 is 5.97 Å². The Bertz CT molecular complexity index is 548. The zero-order valence-corrected chi connectivity index (χ0v) is 11.5. The maximum Gasteiger partial charge on any atom is 0.374 e. The van der Waals surface area contributed by atoms with Crippen molar-refractivity contribution < 1.29 is 22.4 Å². The Morgan fingerprint density at radius 2 is 2.37 bits per heavy atom. The van der Waals surface area contributed by atoms with Crippen LogP contribution in [-0.2, 0) is 21.1 Å². The topological polar surface area (TPSA) is 85.6 Å². The van der Waals surface area contributed by atoms with Gasteiger partial charge in [0.15, 0.2) is 9.84 Å². The monoisotopic (exact) mass is 287 g/mol. The predicted molar refractivity (Wildman–Crippen MR) is 68.6 cm³/mol. The van der Waals surface area contributed by atoms with Crippen molar-refractivity contribution in [1.82, 2.24) is 5.32 Å². The van der Waals surface area contributed by atoms with Gasteiger partial charge in [0.1, 0.15) is 0 Å². The van der Waals surface area contributed by atoms with E-state index in [0.717, 1.165) is 6.42 Å². The number of methoxy groups -OCH3 is 1. The van der Waals surface area contributed by atoms with Crippen LogP contribution in [0.5, 0.6) is 0 Å². The number of sulfone groups is 1. The number of ether oxygens (including phenoxy) is 1. The summed E-state index contributed by atoms with van der Waals surface area (Å²) in [6, 6.07) is 1.67. The van der Waals surface area contributed by atoms with Gasteiger partial charge in [-0.2, -0.15) is 0 Å². The second kappa shape index (κ2) is 5.75. The van der Waals surface area contributed by atoms with Crippen LogP contribution in [0.25, 0.3) is 0 Å². The van der Waals surface area contributed by atoms with Crippen LogP contribution in [0.15, 0.2) is 16.7 Å². The zero-order chi connectivity index (χ0) is 13.9. The first kappa shape index (κ1) is 14.1. The molecule has 2 heterocycles. The van der Waals surface area contributed by atoms with Crippen LogP contribution < -0.4 is 5.32 Å². The van der Waals surface area contributed by atoms with Gasteiger partial charge in [-0.25, -0.2) is 13.2 Å². The number of carbonyl (C=O) groups is 1. The summed E-state index contributed by atoms with van der Waals surface area (Å²) in [5.41, 5.74) is 0.669. The van der Waals surface area contributed by atoms with Crippen LogP contribution >= 0.6 is 0 Å². The summed E-state index contributed by atoms with van der Waals surface area (Å²) in [5.74, 6) is -0.0991. The molecule has 1 saturated heterocycles. The third-order valence-electron chi connectivity index (χ3n) is 3.27. The summed E-state index contributed by atoms with van der Waals surface area (Å²) in [6.45, 7) is 0.779. The molecule has 1 aromatic rings. The number of hydrogen-bond acceptors (Lipinski definition) is 6. The first-order chi connectivity index (χ1) is 9.04. The normalized spacial score (nSPS) is 21.4. The van der Waals surface area contributed by atoms with Gasteiger partial charge in [0.05, 0.1) is 24.4 Å². The van der Waals surface area contributed by atoms with E-state index >= 15 is 0 Å². The standard InChI is InChI=1S/C12H17NO5S/c1-17-12(14)11-9(4-5-18-11)7-13-8-10-3-2-6-19(10,15)16/h4-5,10,13H,2-3,6-8H2,1H3. The number of hydrogen-bond donors (Lipinski definition) is 1. The fourth-order valence-electron chi connectivity index (χ4n) is 2.20. The lowest BCUT2D eigenvalue weighted by Crippen LogP contribution is -2.30. The lowest BCUT2D eigenvalue weighted by atomic mass is 10.2. The molecule has 0 bridgehead atoms. The summed E-state index contributed by atoms with van der Waals surface area (Å²) in [5, 5.41) is 2.74. The molecule has 0 radical (unpaired) electrons. The molecule has 106 valence electrons. The molecule has 6 nitrogen and oxygen atoms in total. The quantitative estimate of drug-likeness (QED) is 0.804. The van der Waals surface area contributed by atoms with Crippen molar-refractivity contribution in [3.8, 4) is 0 Å². The highest BCUT2D eigenvalue weighted by Gasteiger charge is 2.30. The average Bonchev–Trinajstić information content (AvgIpc) is 2.96. The fraction of sp³-hybridized carbons (Fsp3) is 0.583. The smallest absolute Gasteiger partial charge is 0.374 e. The van der Waals surface area contributed by atoms with Crippen molar-refractivity contribution in [3.05, 3.63) is 23.7 Å². The van der Waals surface area contributed by atoms with Gasteiger partial charge in [-0.3, -0.25) is 0 Å². The van der Waals surface area contributed by atoms with Crippen molar-refractivity contribution in [2.75, 3.05) is 19.4 Å². The molecule has 1 aliphatic heterocycles. The van der Waals surface area contributed by atoms with E-state index in [1.165, 1.54) is 13.4 Å². The van der Waals surface area contributed by atoms with E-state index in [1.54, 1.807) is 6.07 Å². The van der Waals surface area contributed by atoms with Crippen LogP contribution in [0, 0.1) is 0 Å². The maximum absolute atomic E-state index is 11.6. The summed E-state index contributed by atoms with van der Waals surface area (Å²) in [6.07, 6.45) is 2.84. The number of esters is 1. The molecule has 1 N–H and O–H groups in total. The van der Waals surface area contributed by atoms with E-state index in [-0.39, 0.29) is 16.8 Å². The number of rotatable bonds is 5. The minimum Gasteiger partial charge on any atom is -0.463 e. The van der Waals surface area contributed by atoms with E-state index in [0.29, 0.717) is 25.1 Å². The molecule has 0 amide bonds. The van der Waals surface area contributed by atoms with E-state index in [4.69, 9.17) is 4.42 Å². The summed E-state index contributed by atoms with van der Waals surface area (Å²) in [4.78, 5) is 11.4.